The molecule has 0 bridgehead atoms. The van der Waals surface area contributed by atoms with E-state index >= 15 is 0 Å². The van der Waals surface area contributed by atoms with Gasteiger partial charge >= 0.3 is 0 Å². The zero-order valence-electron chi connectivity index (χ0n) is 7.24. The number of benzene rings is 1. The largest absolute Gasteiger partial charge is 0.256 e. The van der Waals surface area contributed by atoms with Crippen molar-refractivity contribution in [1.29, 1.82) is 0 Å². The minimum absolute atomic E-state index is 0.772. The van der Waals surface area contributed by atoms with E-state index in [0.717, 1.165) is 19.9 Å². The first-order valence-corrected chi connectivity index (χ1v) is 5.60. The average Bonchev–Trinajstić information content (AvgIpc) is 2.23. The van der Waals surface area contributed by atoms with Crippen LogP contribution in [-0.2, 0) is 0 Å². The van der Waals surface area contributed by atoms with Gasteiger partial charge in [0.25, 0.3) is 0 Å². The first-order chi connectivity index (χ1) is 6.79. The molecule has 1 heterocycles. The molecular weight excluding hydrogens is 308 g/mol. The Hall–Kier alpha value is -0.610. The van der Waals surface area contributed by atoms with Crippen molar-refractivity contribution in [2.45, 2.75) is 0 Å². The van der Waals surface area contributed by atoms with E-state index in [0.29, 0.717) is 0 Å². The highest BCUT2D eigenvalue weighted by Crippen LogP contribution is 2.28. The van der Waals surface area contributed by atoms with Crippen LogP contribution in [0.3, 0.4) is 0 Å². The summed E-state index contributed by atoms with van der Waals surface area (Å²) >= 11 is 8.26. The number of pyridine rings is 1. The van der Waals surface area contributed by atoms with Gasteiger partial charge in [0.1, 0.15) is 0 Å². The number of nitrogens with zero attached hydrogens (tertiary/aromatic N) is 1. The zero-order valence-corrected chi connectivity index (χ0v) is 10.2. The summed E-state index contributed by atoms with van der Waals surface area (Å²) in [6, 6.07) is 11.7. The van der Waals surface area contributed by atoms with E-state index in [-0.39, 0.29) is 0 Å². The maximum atomic E-state index is 6.03. The zero-order chi connectivity index (χ0) is 9.97. The van der Waals surface area contributed by atoms with Crippen molar-refractivity contribution >= 4 is 34.2 Å². The molecule has 0 aliphatic rings. The van der Waals surface area contributed by atoms with E-state index in [1.165, 1.54) is 0 Å². The van der Waals surface area contributed by atoms with Crippen molar-refractivity contribution in [3.63, 3.8) is 0 Å². The lowest BCUT2D eigenvalue weighted by Gasteiger charge is -2.04. The summed E-state index contributed by atoms with van der Waals surface area (Å²) in [5, 5.41) is 0.772. The molecule has 3 heteroatoms. The SMILES string of the molecule is Clc1cccc(-c2ccccn2)c1I. The molecule has 70 valence electrons. The topological polar surface area (TPSA) is 12.9 Å². The van der Waals surface area contributed by atoms with Crippen molar-refractivity contribution in [2.75, 3.05) is 0 Å². The molecular formula is C11H7ClIN. The van der Waals surface area contributed by atoms with Crippen molar-refractivity contribution in [3.8, 4) is 11.3 Å². The molecule has 0 fully saturated rings. The van der Waals surface area contributed by atoms with Crippen LogP contribution in [0.15, 0.2) is 42.6 Å². The van der Waals surface area contributed by atoms with Crippen LogP contribution in [0.4, 0.5) is 0 Å². The predicted octanol–water partition coefficient (Wildman–Crippen LogP) is 4.01. The Morgan fingerprint density at radius 2 is 1.93 bits per heavy atom. The summed E-state index contributed by atoms with van der Waals surface area (Å²) < 4.78 is 1.05. The van der Waals surface area contributed by atoms with Crippen LogP contribution >= 0.6 is 34.2 Å². The molecule has 0 saturated heterocycles. The first kappa shape index (κ1) is 9.93. The van der Waals surface area contributed by atoms with E-state index in [1.54, 1.807) is 6.20 Å². The Morgan fingerprint density at radius 1 is 1.07 bits per heavy atom. The Morgan fingerprint density at radius 3 is 2.64 bits per heavy atom. The van der Waals surface area contributed by atoms with Gasteiger partial charge in [-0.15, -0.1) is 0 Å². The standard InChI is InChI=1S/C11H7ClIN/c12-9-5-3-4-8(11(9)13)10-6-1-2-7-14-10/h1-7H. The summed E-state index contributed by atoms with van der Waals surface area (Å²) in [7, 11) is 0. The molecule has 1 nitrogen and oxygen atoms in total. The van der Waals surface area contributed by atoms with Gasteiger partial charge in [-0.1, -0.05) is 29.8 Å². The third kappa shape index (κ3) is 1.91. The van der Waals surface area contributed by atoms with Crippen LogP contribution in [0, 0.1) is 3.57 Å². The third-order valence-corrected chi connectivity index (χ3v) is 3.69. The fourth-order valence-corrected chi connectivity index (χ4v) is 2.03. The number of hydrogen-bond acceptors (Lipinski definition) is 1. The predicted molar refractivity (Wildman–Crippen MR) is 67.4 cm³/mol. The van der Waals surface area contributed by atoms with Gasteiger partial charge in [0, 0.05) is 15.3 Å². The van der Waals surface area contributed by atoms with Crippen LogP contribution in [-0.4, -0.2) is 4.98 Å². The normalized spacial score (nSPS) is 10.1. The molecule has 0 spiro atoms. The second kappa shape index (κ2) is 4.28. The lowest BCUT2D eigenvalue weighted by molar-refractivity contribution is 1.32. The molecule has 1 aromatic heterocycles. The molecule has 0 unspecified atom stereocenters. The monoisotopic (exact) mass is 315 g/mol. The molecule has 1 aromatic carbocycles. The highest BCUT2D eigenvalue weighted by atomic mass is 127. The number of hydrogen-bond donors (Lipinski definition) is 0. The van der Waals surface area contributed by atoms with Gasteiger partial charge in [0.2, 0.25) is 0 Å². The van der Waals surface area contributed by atoms with Crippen molar-refractivity contribution < 1.29 is 0 Å². The Bertz CT molecular complexity index is 442. The van der Waals surface area contributed by atoms with Gasteiger partial charge in [-0.05, 0) is 40.8 Å². The minimum atomic E-state index is 0.772. The van der Waals surface area contributed by atoms with Crippen LogP contribution in [0.25, 0.3) is 11.3 Å². The van der Waals surface area contributed by atoms with Crippen molar-refractivity contribution in [3.05, 3.63) is 51.2 Å². The molecule has 2 rings (SSSR count). The smallest absolute Gasteiger partial charge is 0.0713 e. The fraction of sp³-hybridized carbons (Fsp3) is 0. The quantitative estimate of drug-likeness (QED) is 0.725. The Labute approximate surface area is 101 Å². The van der Waals surface area contributed by atoms with Gasteiger partial charge in [0.15, 0.2) is 0 Å². The van der Waals surface area contributed by atoms with Gasteiger partial charge in [-0.3, -0.25) is 4.98 Å². The third-order valence-electron chi connectivity index (χ3n) is 1.89. The van der Waals surface area contributed by atoms with E-state index in [2.05, 4.69) is 27.6 Å². The highest BCUT2D eigenvalue weighted by molar-refractivity contribution is 14.1. The molecule has 0 N–H and O–H groups in total. The molecule has 0 saturated carbocycles. The molecule has 0 amide bonds. The maximum absolute atomic E-state index is 6.03. The summed E-state index contributed by atoms with van der Waals surface area (Å²) in [5.41, 5.74) is 2.04. The fourth-order valence-electron chi connectivity index (χ4n) is 1.22. The second-order valence-corrected chi connectivity index (χ2v) is 4.30. The lowest BCUT2D eigenvalue weighted by atomic mass is 10.1. The molecule has 0 aliphatic carbocycles. The highest BCUT2D eigenvalue weighted by Gasteiger charge is 2.05. The minimum Gasteiger partial charge on any atom is -0.256 e. The van der Waals surface area contributed by atoms with Gasteiger partial charge in [0.05, 0.1) is 10.7 Å². The first-order valence-electron chi connectivity index (χ1n) is 4.14. The molecule has 0 atom stereocenters. The van der Waals surface area contributed by atoms with Gasteiger partial charge < -0.3 is 0 Å². The van der Waals surface area contributed by atoms with E-state index < -0.39 is 0 Å². The molecule has 2 aromatic rings. The Kier molecular flexibility index (Phi) is 3.03. The van der Waals surface area contributed by atoms with Crippen LogP contribution < -0.4 is 0 Å². The number of rotatable bonds is 1. The van der Waals surface area contributed by atoms with Crippen molar-refractivity contribution in [1.82, 2.24) is 4.98 Å². The van der Waals surface area contributed by atoms with E-state index in [4.69, 9.17) is 11.6 Å². The maximum Gasteiger partial charge on any atom is 0.0713 e. The van der Waals surface area contributed by atoms with Crippen LogP contribution in [0.2, 0.25) is 5.02 Å². The number of halogens is 2. The van der Waals surface area contributed by atoms with Gasteiger partial charge in [-0.2, -0.15) is 0 Å². The summed E-state index contributed by atoms with van der Waals surface area (Å²) in [4.78, 5) is 4.29. The van der Waals surface area contributed by atoms with Crippen molar-refractivity contribution in [2.24, 2.45) is 0 Å². The lowest BCUT2D eigenvalue weighted by Crippen LogP contribution is -1.86. The molecule has 0 aliphatic heterocycles. The molecule has 14 heavy (non-hydrogen) atoms. The molecule has 0 radical (unpaired) electrons. The Balaban J connectivity index is 2.58. The summed E-state index contributed by atoms with van der Waals surface area (Å²) in [6.45, 7) is 0. The van der Waals surface area contributed by atoms with E-state index in [1.807, 2.05) is 36.4 Å². The summed E-state index contributed by atoms with van der Waals surface area (Å²) in [6.07, 6.45) is 1.78. The van der Waals surface area contributed by atoms with Gasteiger partial charge in [-0.25, -0.2) is 0 Å². The number of aromatic nitrogens is 1. The second-order valence-electron chi connectivity index (χ2n) is 2.82. The van der Waals surface area contributed by atoms with Crippen LogP contribution in [0.1, 0.15) is 0 Å². The average molecular weight is 316 g/mol. The summed E-state index contributed by atoms with van der Waals surface area (Å²) in [5.74, 6) is 0. The van der Waals surface area contributed by atoms with Crippen LogP contribution in [0.5, 0.6) is 0 Å². The van der Waals surface area contributed by atoms with E-state index in [9.17, 15) is 0 Å².